The van der Waals surface area contributed by atoms with Crippen molar-refractivity contribution in [1.29, 1.82) is 0 Å². The fraction of sp³-hybridized carbons (Fsp3) is 0. The first-order valence-electron chi connectivity index (χ1n) is 9.40. The minimum atomic E-state index is -0.826. The van der Waals surface area contributed by atoms with E-state index in [9.17, 15) is 0 Å². The molecule has 5 rings (SSSR count). The van der Waals surface area contributed by atoms with Crippen LogP contribution in [0.25, 0.3) is 32.8 Å². The second kappa shape index (κ2) is 10.2. The summed E-state index contributed by atoms with van der Waals surface area (Å²) in [5.41, 5.74) is 3.93. The average Bonchev–Trinajstić information content (AvgIpc) is 3.27. The Morgan fingerprint density at radius 1 is 0.700 bits per heavy atom. The molecule has 0 amide bonds. The molecule has 4 aromatic carbocycles. The topological polar surface area (TPSA) is 26.5 Å². The summed E-state index contributed by atoms with van der Waals surface area (Å²) < 4.78 is 0. The number of para-hydroxylation sites is 1. The third-order valence-corrected chi connectivity index (χ3v) is 4.81. The molecule has 0 radical (unpaired) electrons. The zero-order chi connectivity index (χ0) is 20.8. The summed E-state index contributed by atoms with van der Waals surface area (Å²) in [6.07, 6.45) is 1.82. The molecular weight excluding hydrogens is 490 g/mol. The van der Waals surface area contributed by atoms with E-state index in [2.05, 4.69) is 65.7 Å². The summed E-state index contributed by atoms with van der Waals surface area (Å²) in [6, 6.07) is 33.3. The molecule has 1 aromatic heterocycles. The van der Waals surface area contributed by atoms with Gasteiger partial charge in [0.2, 0.25) is 0 Å². The van der Waals surface area contributed by atoms with Crippen molar-refractivity contribution in [2.45, 2.75) is 0 Å². The Morgan fingerprint density at radius 3 is 2.10 bits per heavy atom. The van der Waals surface area contributed by atoms with Crippen LogP contribution < -0.4 is 4.98 Å². The van der Waals surface area contributed by atoms with Crippen LogP contribution in [0.4, 0.5) is 5.69 Å². The molecule has 5 aromatic rings. The number of benzene rings is 4. The second-order valence-electron chi connectivity index (χ2n) is 6.61. The van der Waals surface area contributed by atoms with E-state index in [4.69, 9.17) is 22.0 Å². The molecule has 0 aliphatic carbocycles. The van der Waals surface area contributed by atoms with Gasteiger partial charge in [0, 0.05) is 6.21 Å². The standard InChI is InChI=1S/C25H17N2.2ClH.Zr/c1-2-9-19(10-3-1)26-17-20-14-15-25(27-20)24-16-18-8-4-5-11-21(18)22-12-6-7-13-23(22)24;;;/h1-17H;2*1H;/q-1;;;+2/p-2. The van der Waals surface area contributed by atoms with E-state index in [1.165, 1.54) is 21.5 Å². The Balaban J connectivity index is 0.000000687. The van der Waals surface area contributed by atoms with Gasteiger partial charge in [-0.15, -0.1) is 11.4 Å². The van der Waals surface area contributed by atoms with E-state index in [1.54, 1.807) is 0 Å². The fourth-order valence-corrected chi connectivity index (χ4v) is 3.52. The van der Waals surface area contributed by atoms with Gasteiger partial charge in [-0.05, 0) is 45.3 Å². The van der Waals surface area contributed by atoms with E-state index in [-0.39, 0.29) is 0 Å². The number of nitrogens with zero attached hydrogens (tertiary/aromatic N) is 2. The Labute approximate surface area is 194 Å². The zero-order valence-corrected chi connectivity index (χ0v) is 19.9. The Bertz CT molecular complexity index is 1300. The molecule has 5 heteroatoms. The van der Waals surface area contributed by atoms with E-state index >= 15 is 0 Å². The summed E-state index contributed by atoms with van der Waals surface area (Å²) in [5, 5.41) is 4.98. The monoisotopic (exact) mass is 505 g/mol. The summed E-state index contributed by atoms with van der Waals surface area (Å²) in [7, 11) is 9.87. The van der Waals surface area contributed by atoms with Gasteiger partial charge in [-0.25, -0.2) is 0 Å². The number of aliphatic imine (C=N–C) groups is 1. The third-order valence-electron chi connectivity index (χ3n) is 4.81. The van der Waals surface area contributed by atoms with Crippen LogP contribution in [0, 0.1) is 0 Å². The van der Waals surface area contributed by atoms with Crippen LogP contribution in [0.2, 0.25) is 0 Å². The quantitative estimate of drug-likeness (QED) is 0.181. The van der Waals surface area contributed by atoms with Crippen LogP contribution >= 0.6 is 17.0 Å². The van der Waals surface area contributed by atoms with Crippen molar-refractivity contribution < 1.29 is 20.8 Å². The summed E-state index contributed by atoms with van der Waals surface area (Å²) in [4.78, 5) is 9.31. The predicted molar refractivity (Wildman–Crippen MR) is 126 cm³/mol. The van der Waals surface area contributed by atoms with Gasteiger partial charge in [-0.2, -0.15) is 0 Å². The molecule has 0 bridgehead atoms. The molecule has 30 heavy (non-hydrogen) atoms. The Kier molecular flexibility index (Phi) is 7.17. The van der Waals surface area contributed by atoms with Crippen molar-refractivity contribution in [3.05, 3.63) is 103 Å². The van der Waals surface area contributed by atoms with Crippen molar-refractivity contribution in [3.63, 3.8) is 0 Å². The molecule has 0 saturated heterocycles. The number of hydrogen-bond acceptors (Lipinski definition) is 1. The molecule has 0 fully saturated rings. The Morgan fingerprint density at radius 2 is 1.33 bits per heavy atom. The third kappa shape index (κ3) is 4.75. The number of hydrogen-bond donors (Lipinski definition) is 0. The van der Waals surface area contributed by atoms with Crippen LogP contribution in [0.15, 0.2) is 102 Å². The Hall–Kier alpha value is -2.19. The molecule has 0 spiro atoms. The molecular formula is C25H17Cl2N2Zr-. The van der Waals surface area contributed by atoms with Gasteiger partial charge in [0.1, 0.15) is 0 Å². The van der Waals surface area contributed by atoms with Crippen molar-refractivity contribution in [3.8, 4) is 11.3 Å². The van der Waals surface area contributed by atoms with Crippen molar-refractivity contribution in [2.75, 3.05) is 0 Å². The number of aromatic nitrogens is 1. The van der Waals surface area contributed by atoms with Gasteiger partial charge < -0.3 is 4.98 Å². The summed E-state index contributed by atoms with van der Waals surface area (Å²) >= 11 is -0.826. The van der Waals surface area contributed by atoms with Gasteiger partial charge in [0.15, 0.2) is 0 Å². The molecule has 0 aliphatic rings. The van der Waals surface area contributed by atoms with E-state index in [0.29, 0.717) is 0 Å². The molecule has 2 nitrogen and oxygen atoms in total. The fourth-order valence-electron chi connectivity index (χ4n) is 3.52. The van der Waals surface area contributed by atoms with E-state index < -0.39 is 20.8 Å². The van der Waals surface area contributed by atoms with Gasteiger partial charge >= 0.3 is 37.9 Å². The van der Waals surface area contributed by atoms with E-state index in [1.807, 2.05) is 42.6 Å². The predicted octanol–water partition coefficient (Wildman–Crippen LogP) is 7.74. The molecule has 0 saturated carbocycles. The van der Waals surface area contributed by atoms with Crippen LogP contribution in [-0.2, 0) is 20.8 Å². The van der Waals surface area contributed by atoms with Crippen molar-refractivity contribution in [2.24, 2.45) is 4.99 Å². The minimum absolute atomic E-state index is 0.826. The second-order valence-corrected chi connectivity index (χ2v) is 10.3. The molecule has 0 N–H and O–H groups in total. The zero-order valence-electron chi connectivity index (χ0n) is 16.0. The number of fused-ring (bicyclic) bond motifs is 3. The van der Waals surface area contributed by atoms with Crippen molar-refractivity contribution in [1.82, 2.24) is 4.98 Å². The first-order valence-corrected chi connectivity index (χ1v) is 15.7. The first-order chi connectivity index (χ1) is 14.8. The van der Waals surface area contributed by atoms with Gasteiger partial charge in [-0.1, -0.05) is 78.9 Å². The SMILES string of the molecule is C(=Nc1ccccc1)c1ccc(-c2cc3ccccc3c3ccccc23)[n-]1.[Cl][Zr][Cl]. The summed E-state index contributed by atoms with van der Waals surface area (Å²) in [5.74, 6) is 0. The first kappa shape index (κ1) is 21.1. The molecule has 0 unspecified atom stereocenters. The van der Waals surface area contributed by atoms with Crippen LogP contribution in [-0.4, -0.2) is 6.21 Å². The number of rotatable bonds is 3. The molecule has 0 aliphatic heterocycles. The maximum absolute atomic E-state index is 4.93. The van der Waals surface area contributed by atoms with E-state index in [0.717, 1.165) is 22.6 Å². The van der Waals surface area contributed by atoms with Gasteiger partial charge in [0.25, 0.3) is 0 Å². The molecule has 146 valence electrons. The van der Waals surface area contributed by atoms with Crippen molar-refractivity contribution >= 4 is 50.5 Å². The van der Waals surface area contributed by atoms with Crippen LogP contribution in [0.1, 0.15) is 5.69 Å². The normalized spacial score (nSPS) is 10.9. The maximum atomic E-state index is 4.93. The van der Waals surface area contributed by atoms with Crippen LogP contribution in [0.3, 0.4) is 0 Å². The molecule has 1 heterocycles. The average molecular weight is 508 g/mol. The van der Waals surface area contributed by atoms with Gasteiger partial charge in [0.05, 0.1) is 5.69 Å². The number of halogens is 2. The van der Waals surface area contributed by atoms with Gasteiger partial charge in [-0.3, -0.25) is 4.99 Å². The molecule has 0 atom stereocenters. The summed E-state index contributed by atoms with van der Waals surface area (Å²) in [6.45, 7) is 0. The van der Waals surface area contributed by atoms with Crippen LogP contribution in [0.5, 0.6) is 0 Å².